The van der Waals surface area contributed by atoms with Crippen LogP contribution in [0.4, 0.5) is 0 Å². The molecule has 1 aromatic carbocycles. The van der Waals surface area contributed by atoms with Crippen LogP contribution in [0.25, 0.3) is 0 Å². The van der Waals surface area contributed by atoms with Crippen LogP contribution in [0.5, 0.6) is 0 Å². The second kappa shape index (κ2) is 5.53. The van der Waals surface area contributed by atoms with Crippen LogP contribution in [0.15, 0.2) is 24.3 Å². The molecule has 1 atom stereocenters. The van der Waals surface area contributed by atoms with Gasteiger partial charge in [0.2, 0.25) is 5.91 Å². The van der Waals surface area contributed by atoms with Gasteiger partial charge >= 0.3 is 0 Å². The normalized spacial score (nSPS) is 19.9. The number of benzene rings is 1. The Balaban J connectivity index is 2.32. The molecular weight excluding hydrogens is 224 g/mol. The third kappa shape index (κ3) is 2.27. The van der Waals surface area contributed by atoms with Gasteiger partial charge in [0.1, 0.15) is 6.17 Å². The van der Waals surface area contributed by atoms with Crippen LogP contribution in [-0.4, -0.2) is 23.4 Å². The van der Waals surface area contributed by atoms with Gasteiger partial charge in [0.25, 0.3) is 0 Å². The molecular formula is C15H22N2O. The van der Waals surface area contributed by atoms with E-state index in [1.165, 1.54) is 11.1 Å². The van der Waals surface area contributed by atoms with Crippen LogP contribution in [-0.2, 0) is 4.79 Å². The van der Waals surface area contributed by atoms with Crippen LogP contribution in [0.1, 0.15) is 44.0 Å². The summed E-state index contributed by atoms with van der Waals surface area (Å²) in [4.78, 5) is 14.1. The molecule has 3 nitrogen and oxygen atoms in total. The van der Waals surface area contributed by atoms with Crippen molar-refractivity contribution < 1.29 is 4.79 Å². The molecule has 0 bridgehead atoms. The van der Waals surface area contributed by atoms with Gasteiger partial charge in [0.05, 0.1) is 6.54 Å². The lowest BCUT2D eigenvalue weighted by Gasteiger charge is -2.32. The average Bonchev–Trinajstić information content (AvgIpc) is 2.74. The molecule has 1 N–H and O–H groups in total. The Morgan fingerprint density at radius 2 is 2.00 bits per heavy atom. The molecule has 0 spiro atoms. The standard InChI is InChI=1S/C15H22N2O/c1-4-12(5-2)17-14(18)10-16-15(17)13-9-7-6-8-11(13)3/h6-9,12,15-16H,4-5,10H2,1-3H3. The summed E-state index contributed by atoms with van der Waals surface area (Å²) in [6, 6.07) is 8.62. The van der Waals surface area contributed by atoms with Crippen molar-refractivity contribution in [1.29, 1.82) is 0 Å². The molecule has 1 aliphatic heterocycles. The van der Waals surface area contributed by atoms with Crippen molar-refractivity contribution in [3.05, 3.63) is 35.4 Å². The second-order valence-electron chi connectivity index (χ2n) is 4.91. The number of nitrogens with one attached hydrogen (secondary N) is 1. The number of carbonyl (C=O) groups is 1. The van der Waals surface area contributed by atoms with Gasteiger partial charge in [-0.05, 0) is 30.9 Å². The first kappa shape index (κ1) is 13.1. The second-order valence-corrected chi connectivity index (χ2v) is 4.91. The molecule has 18 heavy (non-hydrogen) atoms. The molecule has 1 heterocycles. The van der Waals surface area contributed by atoms with Gasteiger partial charge in [-0.25, -0.2) is 0 Å². The van der Waals surface area contributed by atoms with E-state index in [1.54, 1.807) is 0 Å². The van der Waals surface area contributed by atoms with Crippen molar-refractivity contribution in [3.63, 3.8) is 0 Å². The maximum atomic E-state index is 12.1. The number of hydrogen-bond acceptors (Lipinski definition) is 2. The molecule has 2 rings (SSSR count). The minimum atomic E-state index is 0.0450. The molecule has 1 aromatic rings. The predicted molar refractivity (Wildman–Crippen MR) is 73.1 cm³/mol. The Bertz CT molecular complexity index is 426. The van der Waals surface area contributed by atoms with Crippen molar-refractivity contribution in [2.75, 3.05) is 6.54 Å². The molecule has 1 unspecified atom stereocenters. The fourth-order valence-corrected chi connectivity index (χ4v) is 2.77. The van der Waals surface area contributed by atoms with Gasteiger partial charge < -0.3 is 4.90 Å². The minimum absolute atomic E-state index is 0.0450. The number of nitrogens with zero attached hydrogens (tertiary/aromatic N) is 1. The summed E-state index contributed by atoms with van der Waals surface area (Å²) >= 11 is 0. The summed E-state index contributed by atoms with van der Waals surface area (Å²) in [5, 5.41) is 3.34. The van der Waals surface area contributed by atoms with E-state index >= 15 is 0 Å². The topological polar surface area (TPSA) is 32.3 Å². The van der Waals surface area contributed by atoms with Gasteiger partial charge in [0.15, 0.2) is 0 Å². The van der Waals surface area contributed by atoms with Crippen molar-refractivity contribution in [2.45, 2.75) is 45.8 Å². The van der Waals surface area contributed by atoms with Crippen LogP contribution >= 0.6 is 0 Å². The third-order valence-electron chi connectivity index (χ3n) is 3.83. The Hall–Kier alpha value is -1.35. The quantitative estimate of drug-likeness (QED) is 0.885. The van der Waals surface area contributed by atoms with E-state index in [1.807, 2.05) is 17.0 Å². The predicted octanol–water partition coefficient (Wildman–Crippen LogP) is 2.61. The van der Waals surface area contributed by atoms with Crippen molar-refractivity contribution in [1.82, 2.24) is 10.2 Å². The van der Waals surface area contributed by atoms with Gasteiger partial charge in [0, 0.05) is 6.04 Å². The van der Waals surface area contributed by atoms with Crippen LogP contribution in [0.2, 0.25) is 0 Å². The maximum Gasteiger partial charge on any atom is 0.238 e. The first-order valence-corrected chi connectivity index (χ1v) is 6.79. The van der Waals surface area contributed by atoms with Crippen LogP contribution in [0, 0.1) is 6.92 Å². The summed E-state index contributed by atoms with van der Waals surface area (Å²) in [6.07, 6.45) is 2.06. The van der Waals surface area contributed by atoms with Crippen molar-refractivity contribution in [2.24, 2.45) is 0 Å². The van der Waals surface area contributed by atoms with E-state index in [4.69, 9.17) is 0 Å². The third-order valence-corrected chi connectivity index (χ3v) is 3.83. The zero-order valence-electron chi connectivity index (χ0n) is 11.4. The lowest BCUT2D eigenvalue weighted by atomic mass is 10.0. The fraction of sp³-hybridized carbons (Fsp3) is 0.533. The highest BCUT2D eigenvalue weighted by atomic mass is 16.2. The fourth-order valence-electron chi connectivity index (χ4n) is 2.77. The molecule has 1 amide bonds. The zero-order valence-corrected chi connectivity index (χ0v) is 11.4. The molecule has 0 saturated carbocycles. The first-order valence-electron chi connectivity index (χ1n) is 6.79. The molecule has 0 radical (unpaired) electrons. The summed E-state index contributed by atoms with van der Waals surface area (Å²) in [7, 11) is 0. The Labute approximate surface area is 109 Å². The van der Waals surface area contributed by atoms with Crippen molar-refractivity contribution >= 4 is 5.91 Å². The average molecular weight is 246 g/mol. The van der Waals surface area contributed by atoms with Crippen LogP contribution in [0.3, 0.4) is 0 Å². The van der Waals surface area contributed by atoms with Gasteiger partial charge in [-0.15, -0.1) is 0 Å². The molecule has 98 valence electrons. The lowest BCUT2D eigenvalue weighted by Crippen LogP contribution is -2.39. The Morgan fingerprint density at radius 3 is 2.61 bits per heavy atom. The van der Waals surface area contributed by atoms with E-state index in [2.05, 4.69) is 38.2 Å². The molecule has 1 aliphatic rings. The molecule has 3 heteroatoms. The van der Waals surface area contributed by atoms with E-state index in [0.29, 0.717) is 12.6 Å². The summed E-state index contributed by atoms with van der Waals surface area (Å²) in [6.45, 7) is 6.85. The van der Waals surface area contributed by atoms with Gasteiger partial charge in [-0.2, -0.15) is 0 Å². The lowest BCUT2D eigenvalue weighted by molar-refractivity contribution is -0.130. The van der Waals surface area contributed by atoms with Crippen molar-refractivity contribution in [3.8, 4) is 0 Å². The highest BCUT2D eigenvalue weighted by molar-refractivity contribution is 5.81. The SMILES string of the molecule is CCC(CC)N1C(=O)CNC1c1ccccc1C. The highest BCUT2D eigenvalue weighted by Gasteiger charge is 2.35. The van der Waals surface area contributed by atoms with E-state index in [9.17, 15) is 4.79 Å². The molecule has 1 saturated heterocycles. The molecule has 1 fully saturated rings. The maximum absolute atomic E-state index is 12.1. The highest BCUT2D eigenvalue weighted by Crippen LogP contribution is 2.28. The smallest absolute Gasteiger partial charge is 0.238 e. The summed E-state index contributed by atoms with van der Waals surface area (Å²) in [5.74, 6) is 0.219. The zero-order chi connectivity index (χ0) is 13.1. The number of rotatable bonds is 4. The number of hydrogen-bond donors (Lipinski definition) is 1. The van der Waals surface area contributed by atoms with E-state index < -0.39 is 0 Å². The van der Waals surface area contributed by atoms with E-state index in [-0.39, 0.29) is 12.1 Å². The monoisotopic (exact) mass is 246 g/mol. The number of aryl methyl sites for hydroxylation is 1. The molecule has 0 aliphatic carbocycles. The van der Waals surface area contributed by atoms with Crippen LogP contribution < -0.4 is 5.32 Å². The number of carbonyl (C=O) groups excluding carboxylic acids is 1. The summed E-state index contributed by atoms with van der Waals surface area (Å²) < 4.78 is 0. The Kier molecular flexibility index (Phi) is 4.02. The largest absolute Gasteiger partial charge is 0.319 e. The molecule has 0 aromatic heterocycles. The number of amides is 1. The van der Waals surface area contributed by atoms with Gasteiger partial charge in [-0.3, -0.25) is 10.1 Å². The Morgan fingerprint density at radius 1 is 1.33 bits per heavy atom. The minimum Gasteiger partial charge on any atom is -0.319 e. The first-order chi connectivity index (χ1) is 8.69. The summed E-state index contributed by atoms with van der Waals surface area (Å²) in [5.41, 5.74) is 2.45. The van der Waals surface area contributed by atoms with Gasteiger partial charge in [-0.1, -0.05) is 38.1 Å². The van der Waals surface area contributed by atoms with E-state index in [0.717, 1.165) is 12.8 Å².